The first kappa shape index (κ1) is 13.0. The molecule has 0 aromatic heterocycles. The summed E-state index contributed by atoms with van der Waals surface area (Å²) in [6.45, 7) is 12.0. The van der Waals surface area contributed by atoms with Crippen LogP contribution in [0.15, 0.2) is 36.0 Å². The van der Waals surface area contributed by atoms with Crippen molar-refractivity contribution in [2.45, 2.75) is 40.5 Å². The zero-order valence-electron chi connectivity index (χ0n) is 10.8. The van der Waals surface area contributed by atoms with Gasteiger partial charge in [-0.3, -0.25) is 4.79 Å². The Bertz CT molecular complexity index is 356. The summed E-state index contributed by atoms with van der Waals surface area (Å²) in [5.74, 6) is 0.204. The number of ketones is 1. The number of hydrogen-bond donors (Lipinski definition) is 0. The third-order valence-electron chi connectivity index (χ3n) is 3.48. The molecule has 0 bridgehead atoms. The van der Waals surface area contributed by atoms with Crippen LogP contribution in [0.25, 0.3) is 0 Å². The van der Waals surface area contributed by atoms with Gasteiger partial charge in [0.2, 0.25) is 0 Å². The summed E-state index contributed by atoms with van der Waals surface area (Å²) in [5, 5.41) is 0. The number of allylic oxidation sites excluding steroid dienone is 5. The lowest BCUT2D eigenvalue weighted by molar-refractivity contribution is -0.120. The van der Waals surface area contributed by atoms with Gasteiger partial charge in [-0.2, -0.15) is 0 Å². The van der Waals surface area contributed by atoms with Crippen LogP contribution in [-0.2, 0) is 4.79 Å². The maximum absolute atomic E-state index is 12.3. The molecular formula is C15H22O. The predicted molar refractivity (Wildman–Crippen MR) is 69.2 cm³/mol. The van der Waals surface area contributed by atoms with E-state index in [2.05, 4.69) is 25.7 Å². The molecule has 0 amide bonds. The largest absolute Gasteiger partial charge is 0.294 e. The van der Waals surface area contributed by atoms with E-state index >= 15 is 0 Å². The minimum atomic E-state index is -0.109. The van der Waals surface area contributed by atoms with E-state index in [4.69, 9.17) is 0 Å². The molecule has 0 saturated heterocycles. The fourth-order valence-electron chi connectivity index (χ4n) is 2.23. The van der Waals surface area contributed by atoms with E-state index in [1.165, 1.54) is 5.57 Å². The lowest BCUT2D eigenvalue weighted by atomic mass is 9.72. The third-order valence-corrected chi connectivity index (χ3v) is 3.48. The molecule has 1 nitrogen and oxygen atoms in total. The molecule has 0 aromatic rings. The lowest BCUT2D eigenvalue weighted by Gasteiger charge is -2.31. The van der Waals surface area contributed by atoms with Gasteiger partial charge in [0.05, 0.1) is 0 Å². The molecule has 0 spiro atoms. The Morgan fingerprint density at radius 1 is 1.56 bits per heavy atom. The number of carbonyl (C=O) groups is 1. The average Bonchev–Trinajstić information content (AvgIpc) is 2.32. The minimum absolute atomic E-state index is 0.0475. The van der Waals surface area contributed by atoms with Gasteiger partial charge < -0.3 is 0 Å². The van der Waals surface area contributed by atoms with Crippen molar-refractivity contribution in [3.05, 3.63) is 36.0 Å². The molecule has 1 aliphatic carbocycles. The van der Waals surface area contributed by atoms with Crippen LogP contribution in [-0.4, -0.2) is 5.78 Å². The molecule has 1 rings (SSSR count). The molecule has 0 fully saturated rings. The van der Waals surface area contributed by atoms with Crippen LogP contribution in [0.4, 0.5) is 0 Å². The smallest absolute Gasteiger partial charge is 0.165 e. The summed E-state index contributed by atoms with van der Waals surface area (Å²) >= 11 is 0. The summed E-state index contributed by atoms with van der Waals surface area (Å²) in [6, 6.07) is 0. The third kappa shape index (κ3) is 2.52. The van der Waals surface area contributed by atoms with Gasteiger partial charge >= 0.3 is 0 Å². The van der Waals surface area contributed by atoms with Crippen molar-refractivity contribution < 1.29 is 4.79 Å². The molecule has 0 aliphatic heterocycles. The molecule has 0 heterocycles. The van der Waals surface area contributed by atoms with Crippen molar-refractivity contribution >= 4 is 5.78 Å². The van der Waals surface area contributed by atoms with Crippen LogP contribution in [0.3, 0.4) is 0 Å². The Morgan fingerprint density at radius 3 is 2.69 bits per heavy atom. The zero-order chi connectivity index (χ0) is 12.3. The van der Waals surface area contributed by atoms with Gasteiger partial charge in [-0.25, -0.2) is 0 Å². The molecular weight excluding hydrogens is 196 g/mol. The number of hydrogen-bond acceptors (Lipinski definition) is 1. The van der Waals surface area contributed by atoms with Crippen LogP contribution in [0.5, 0.6) is 0 Å². The topological polar surface area (TPSA) is 17.1 Å². The molecule has 2 atom stereocenters. The molecule has 0 saturated carbocycles. The standard InChI is InChI=1S/C15H22O/c1-6-15(5)9-7-8-12(4)14(16)13(15)10-11(2)3/h6,8,10,13H,1,7,9H2,2-5H3. The Morgan fingerprint density at radius 2 is 2.19 bits per heavy atom. The average molecular weight is 218 g/mol. The summed E-state index contributed by atoms with van der Waals surface area (Å²) in [6.07, 6.45) is 8.05. The van der Waals surface area contributed by atoms with Gasteiger partial charge in [0, 0.05) is 5.92 Å². The van der Waals surface area contributed by atoms with Gasteiger partial charge in [0.25, 0.3) is 0 Å². The second kappa shape index (κ2) is 4.82. The highest BCUT2D eigenvalue weighted by Gasteiger charge is 2.36. The van der Waals surface area contributed by atoms with Crippen molar-refractivity contribution in [1.82, 2.24) is 0 Å². The first-order chi connectivity index (χ1) is 7.40. The predicted octanol–water partition coefficient (Wildman–Crippen LogP) is 4.07. The van der Waals surface area contributed by atoms with Gasteiger partial charge in [-0.15, -0.1) is 6.58 Å². The van der Waals surface area contributed by atoms with Crippen LogP contribution >= 0.6 is 0 Å². The molecule has 88 valence electrons. The molecule has 1 aliphatic rings. The summed E-state index contributed by atoms with van der Waals surface area (Å²) < 4.78 is 0. The highest BCUT2D eigenvalue weighted by atomic mass is 16.1. The van der Waals surface area contributed by atoms with E-state index in [0.717, 1.165) is 18.4 Å². The Kier molecular flexibility index (Phi) is 3.90. The Balaban J connectivity index is 3.19. The quantitative estimate of drug-likeness (QED) is 0.638. The van der Waals surface area contributed by atoms with Gasteiger partial charge in [0.15, 0.2) is 5.78 Å². The van der Waals surface area contributed by atoms with Crippen molar-refractivity contribution in [1.29, 1.82) is 0 Å². The van der Waals surface area contributed by atoms with Crippen molar-refractivity contribution in [2.75, 3.05) is 0 Å². The Hall–Kier alpha value is -1.11. The van der Waals surface area contributed by atoms with E-state index in [-0.39, 0.29) is 17.1 Å². The summed E-state index contributed by atoms with van der Waals surface area (Å²) in [4.78, 5) is 12.3. The number of Topliss-reactive ketones (excluding diaryl/α,β-unsaturated/α-hetero) is 1. The number of carbonyl (C=O) groups excluding carboxylic acids is 1. The molecule has 2 unspecified atom stereocenters. The second-order valence-electron chi connectivity index (χ2n) is 5.22. The molecule has 0 aromatic carbocycles. The van der Waals surface area contributed by atoms with Gasteiger partial charge in [-0.1, -0.05) is 30.7 Å². The van der Waals surface area contributed by atoms with E-state index < -0.39 is 0 Å². The fourth-order valence-corrected chi connectivity index (χ4v) is 2.23. The van der Waals surface area contributed by atoms with Crippen molar-refractivity contribution in [3.63, 3.8) is 0 Å². The Labute approximate surface area is 98.9 Å². The highest BCUT2D eigenvalue weighted by molar-refractivity contribution is 5.98. The van der Waals surface area contributed by atoms with E-state index in [1.807, 2.05) is 26.8 Å². The summed E-state index contributed by atoms with van der Waals surface area (Å²) in [5.41, 5.74) is 1.98. The van der Waals surface area contributed by atoms with E-state index in [1.54, 1.807) is 0 Å². The van der Waals surface area contributed by atoms with Crippen LogP contribution in [0.2, 0.25) is 0 Å². The monoisotopic (exact) mass is 218 g/mol. The van der Waals surface area contributed by atoms with Gasteiger partial charge in [-0.05, 0) is 44.6 Å². The van der Waals surface area contributed by atoms with Crippen molar-refractivity contribution in [3.8, 4) is 0 Å². The van der Waals surface area contributed by atoms with Crippen LogP contribution in [0.1, 0.15) is 40.5 Å². The summed E-state index contributed by atoms with van der Waals surface area (Å²) in [7, 11) is 0. The molecule has 0 N–H and O–H groups in total. The second-order valence-corrected chi connectivity index (χ2v) is 5.22. The SMILES string of the molecule is C=CC1(C)CCC=C(C)C(=O)C1C=C(C)C. The first-order valence-electron chi connectivity index (χ1n) is 5.90. The number of rotatable bonds is 2. The van der Waals surface area contributed by atoms with E-state index in [9.17, 15) is 4.79 Å². The zero-order valence-corrected chi connectivity index (χ0v) is 10.8. The molecule has 16 heavy (non-hydrogen) atoms. The lowest BCUT2D eigenvalue weighted by Crippen LogP contribution is -2.29. The highest BCUT2D eigenvalue weighted by Crippen LogP contribution is 2.39. The van der Waals surface area contributed by atoms with Crippen LogP contribution < -0.4 is 0 Å². The van der Waals surface area contributed by atoms with Gasteiger partial charge in [0.1, 0.15) is 0 Å². The maximum Gasteiger partial charge on any atom is 0.165 e. The van der Waals surface area contributed by atoms with Crippen molar-refractivity contribution in [2.24, 2.45) is 11.3 Å². The first-order valence-corrected chi connectivity index (χ1v) is 5.90. The maximum atomic E-state index is 12.3. The fraction of sp³-hybridized carbons (Fsp3) is 0.533. The molecule has 0 radical (unpaired) electrons. The minimum Gasteiger partial charge on any atom is -0.294 e. The normalized spacial score (nSPS) is 30.4. The van der Waals surface area contributed by atoms with E-state index in [0.29, 0.717) is 0 Å². The van der Waals surface area contributed by atoms with Crippen LogP contribution in [0, 0.1) is 11.3 Å². The molecule has 1 heteroatoms.